The van der Waals surface area contributed by atoms with Crippen molar-refractivity contribution in [1.82, 2.24) is 24.1 Å². The predicted octanol–water partition coefficient (Wildman–Crippen LogP) is -4.04. The van der Waals surface area contributed by atoms with Crippen LogP contribution in [0.2, 0.25) is 0 Å². The van der Waals surface area contributed by atoms with Gasteiger partial charge < -0.3 is 42.2 Å². The Morgan fingerprint density at radius 3 is 1.51 bits per heavy atom. The van der Waals surface area contributed by atoms with Gasteiger partial charge in [-0.25, -0.2) is 16.8 Å². The molecule has 2 atom stereocenters. The fourth-order valence-corrected chi connectivity index (χ4v) is 14.0. The number of amides is 2. The van der Waals surface area contributed by atoms with Crippen LogP contribution in [0.15, 0.2) is 92.0 Å². The van der Waals surface area contributed by atoms with E-state index in [9.17, 15) is 45.1 Å². The van der Waals surface area contributed by atoms with E-state index in [1.165, 1.54) is 15.6 Å². The van der Waals surface area contributed by atoms with Crippen LogP contribution in [0, 0.1) is 0 Å². The van der Waals surface area contributed by atoms with Crippen LogP contribution in [0.4, 0.5) is 11.4 Å². The first kappa shape index (κ1) is 68.0. The molecule has 4 fully saturated rings. The fourth-order valence-electron chi connectivity index (χ4n) is 8.34. The van der Waals surface area contributed by atoms with E-state index in [0.717, 1.165) is 72.4 Å². The maximum atomic E-state index is 13.1. The number of rotatable bonds is 14. The second kappa shape index (κ2) is 31.1. The summed E-state index contributed by atoms with van der Waals surface area (Å²) in [6.45, 7) is 11.7. The number of nitrogens with one attached hydrogen (secondary N) is 2. The molecule has 4 aromatic rings. The molecule has 4 N–H and O–H groups in total. The van der Waals surface area contributed by atoms with Crippen molar-refractivity contribution in [2.45, 2.75) is 78.7 Å². The number of nitrogens with zero attached hydrogens (tertiary/aromatic N) is 5. The molecule has 406 valence electrons. The van der Waals surface area contributed by atoms with Crippen molar-refractivity contribution in [3.05, 3.63) is 94.7 Å². The molecule has 2 amide bonds. The minimum absolute atomic E-state index is 0. The average molecular weight is 1190 g/mol. The molecule has 4 aliphatic heterocycles. The molecule has 0 aliphatic carbocycles. The molecule has 4 aliphatic rings. The zero-order valence-electron chi connectivity index (χ0n) is 44.5. The van der Waals surface area contributed by atoms with Gasteiger partial charge in [-0.2, -0.15) is 17.0 Å². The molecule has 0 bridgehead atoms. The van der Waals surface area contributed by atoms with Crippen molar-refractivity contribution >= 4 is 82.5 Å². The third-order valence-electron chi connectivity index (χ3n) is 12.1. The van der Waals surface area contributed by atoms with Gasteiger partial charge in [0.2, 0.25) is 11.8 Å². The topological polar surface area (TPSA) is 276 Å². The van der Waals surface area contributed by atoms with E-state index >= 15 is 0 Å². The summed E-state index contributed by atoms with van der Waals surface area (Å²) < 4.78 is 83.8. The Balaban J connectivity index is 0.000000419. The average Bonchev–Trinajstić information content (AvgIpc) is 4.11. The molecule has 0 spiro atoms. The number of hydrogen-bond donors (Lipinski definition) is 4. The van der Waals surface area contributed by atoms with Gasteiger partial charge in [-0.15, -0.1) is 22.7 Å². The van der Waals surface area contributed by atoms with Gasteiger partial charge in [0.15, 0.2) is 0 Å². The standard InChI is InChI=1S/C22H30N4O4S2.C19H26N2O6S3.C5H9NO.CH2O3.2K.H/c1-22(2,28)17-5-7-18(8-6-17)26-12-11-25(32(29,30)21-4-3-13-31-21)15-19(26)14-24-10-9-23-20(27)16-24;1-19(2,22)15-6-8-16(9-7-15)21-11-10-20(13-17(21)14-27-29(3,23)24)30(25,26)18-5-4-12-28-18;7-5-3-1-2-4-6-5;2-1-4-3;;;/h3-8,13,19,28H,9-12,14-16H2,1-2H3,(H,23,27);4-9,12,17,22H,10-11,13-14H2,1-3H3;1-4H2,(H,6,7);1,3H;;;/q;;;;2*+1;-1/p-1/t19-;17-;;;;;/m01...../s1. The minimum atomic E-state index is -3.68. The van der Waals surface area contributed by atoms with Crippen LogP contribution < -0.4 is 128 Å². The van der Waals surface area contributed by atoms with Crippen molar-refractivity contribution < 1.29 is 168 Å². The van der Waals surface area contributed by atoms with Crippen LogP contribution >= 0.6 is 22.7 Å². The van der Waals surface area contributed by atoms with E-state index in [2.05, 4.69) is 25.3 Å². The summed E-state index contributed by atoms with van der Waals surface area (Å²) in [6.07, 6.45) is 3.94. The first-order valence-corrected chi connectivity index (χ1v) is 29.9. The normalized spacial score (nSPS) is 19.1. The molecule has 2 aromatic carbocycles. The molecule has 2 aromatic heterocycles. The van der Waals surface area contributed by atoms with Gasteiger partial charge in [0.05, 0.1) is 42.7 Å². The number of aliphatic hydroxyl groups is 2. The zero-order chi connectivity index (χ0) is 53.6. The number of piperidine rings is 1. The van der Waals surface area contributed by atoms with E-state index in [-0.39, 0.29) is 152 Å². The van der Waals surface area contributed by atoms with Crippen molar-refractivity contribution in [1.29, 1.82) is 0 Å². The summed E-state index contributed by atoms with van der Waals surface area (Å²) in [5.74, 6) is 0.211. The number of carbonyl (C=O) groups is 3. The van der Waals surface area contributed by atoms with Crippen LogP contribution in [-0.4, -0.2) is 164 Å². The van der Waals surface area contributed by atoms with Gasteiger partial charge in [-0.1, -0.05) is 36.4 Å². The first-order chi connectivity index (χ1) is 34.3. The SMILES string of the molecule is CC(C)(O)c1ccc(N2CCN(S(=O)(=O)c3cccs3)C[C@@H]2CN2CCNC(=O)C2)cc1.CC(C)(O)c1ccc(N2CCN(S(=O)(=O)c3cccs3)C[C@@H]2COS(C)(=O)=O)cc1.O=C1CCCCN1.O=CO[O-].[H-].[K+].[K+]. The first-order valence-electron chi connectivity index (χ1n) is 23.4. The Kier molecular flexibility index (Phi) is 28.1. The predicted molar refractivity (Wildman–Crippen MR) is 277 cm³/mol. The van der Waals surface area contributed by atoms with E-state index in [1.54, 1.807) is 79.2 Å². The molecule has 0 saturated carbocycles. The van der Waals surface area contributed by atoms with Gasteiger partial charge in [-0.05, 0) is 98.8 Å². The fraction of sp³-hybridized carbons (Fsp3) is 0.511. The van der Waals surface area contributed by atoms with Crippen molar-refractivity contribution in [2.75, 3.05) is 94.7 Å². The molecule has 28 heteroatoms. The molecule has 75 heavy (non-hydrogen) atoms. The maximum Gasteiger partial charge on any atom is 1.00 e. The molecule has 8 rings (SSSR count). The summed E-state index contributed by atoms with van der Waals surface area (Å²) in [7, 11) is -10.9. The molecule has 0 unspecified atom stereocenters. The summed E-state index contributed by atoms with van der Waals surface area (Å²) in [4.78, 5) is 39.7. The van der Waals surface area contributed by atoms with Crippen molar-refractivity contribution in [3.8, 4) is 0 Å². The third-order valence-corrected chi connectivity index (χ3v) is 19.2. The van der Waals surface area contributed by atoms with Gasteiger partial charge in [0.1, 0.15) is 8.42 Å². The van der Waals surface area contributed by atoms with Gasteiger partial charge in [-0.3, -0.25) is 23.5 Å². The zero-order valence-corrected chi connectivity index (χ0v) is 53.8. The quantitative estimate of drug-likeness (QED) is 0.0308. The largest absolute Gasteiger partial charge is 1.00 e. The summed E-state index contributed by atoms with van der Waals surface area (Å²) in [5, 5.41) is 37.9. The summed E-state index contributed by atoms with van der Waals surface area (Å²) in [6, 6.07) is 21.1. The van der Waals surface area contributed by atoms with Crippen LogP contribution in [0.5, 0.6) is 0 Å². The molecular weight excluding hydrogens is 1130 g/mol. The second-order valence-electron chi connectivity index (χ2n) is 18.6. The number of piperazine rings is 3. The Bertz CT molecular complexity index is 2730. The number of thiophene rings is 2. The Morgan fingerprint density at radius 2 is 1.15 bits per heavy atom. The number of anilines is 2. The van der Waals surface area contributed by atoms with Gasteiger partial charge in [0, 0.05) is 83.2 Å². The van der Waals surface area contributed by atoms with Crippen LogP contribution in [0.3, 0.4) is 0 Å². The Morgan fingerprint density at radius 1 is 0.693 bits per heavy atom. The smallest absolute Gasteiger partial charge is 1.00 e. The molecule has 21 nitrogen and oxygen atoms in total. The monoisotopic (exact) mass is 1190 g/mol. The Hall–Kier alpha value is -1.31. The minimum Gasteiger partial charge on any atom is -1.00 e. The molecule has 0 radical (unpaired) electrons. The van der Waals surface area contributed by atoms with Gasteiger partial charge >= 0.3 is 103 Å². The number of benzene rings is 2. The number of sulfonamides is 2. The van der Waals surface area contributed by atoms with E-state index in [4.69, 9.17) is 14.2 Å². The summed E-state index contributed by atoms with van der Waals surface area (Å²) in [5.41, 5.74) is 1.45. The molecule has 6 heterocycles. The van der Waals surface area contributed by atoms with E-state index in [1.807, 2.05) is 41.3 Å². The van der Waals surface area contributed by atoms with E-state index < -0.39 is 47.4 Å². The second-order valence-corrected chi connectivity index (χ2v) is 26.4. The molecule has 4 saturated heterocycles. The van der Waals surface area contributed by atoms with E-state index in [0.29, 0.717) is 50.0 Å². The number of hydrogen-bond acceptors (Lipinski definition) is 19. The van der Waals surface area contributed by atoms with Crippen LogP contribution in [0.1, 0.15) is 59.5 Å². The Labute approximate surface area is 535 Å². The van der Waals surface area contributed by atoms with Gasteiger partial charge in [0.25, 0.3) is 36.6 Å². The third kappa shape index (κ3) is 20.9. The molecular formula is C47H67K2N7O14S5. The van der Waals surface area contributed by atoms with Crippen molar-refractivity contribution in [3.63, 3.8) is 0 Å². The maximum absolute atomic E-state index is 13.1. The summed E-state index contributed by atoms with van der Waals surface area (Å²) >= 11 is 2.38. The number of carbonyl (C=O) groups excluding carboxylic acids is 3. The van der Waals surface area contributed by atoms with Crippen molar-refractivity contribution in [2.24, 2.45) is 0 Å². The van der Waals surface area contributed by atoms with Crippen LogP contribution in [0.25, 0.3) is 0 Å². The van der Waals surface area contributed by atoms with Crippen LogP contribution in [-0.2, 0) is 64.8 Å².